The standard InChI is InChI=1S/C20H21Cl2N3O2/c21-15-8-18(22)20-23-16(12-25(20)10-15)11-24(13-17-5-3-7-27-17)9-14-4-1-2-6-19(14)26/h1-2,4,6,8,10,12,17,26H,3,5,7,9,11,13H2. The van der Waals surface area contributed by atoms with E-state index >= 15 is 0 Å². The van der Waals surface area contributed by atoms with Gasteiger partial charge in [0.1, 0.15) is 5.75 Å². The molecule has 2 aromatic heterocycles. The SMILES string of the molecule is Oc1ccccc1CN(Cc1cn2cc(Cl)cc(Cl)c2n1)CC1CCCO1. The molecular formula is C20H21Cl2N3O2. The maximum Gasteiger partial charge on any atom is 0.156 e. The molecule has 4 rings (SSSR count). The van der Waals surface area contributed by atoms with Crippen molar-refractivity contribution in [2.24, 2.45) is 0 Å². The molecule has 0 aliphatic carbocycles. The number of hydrogen-bond acceptors (Lipinski definition) is 4. The third-order valence-corrected chi connectivity index (χ3v) is 5.26. The number of pyridine rings is 1. The van der Waals surface area contributed by atoms with Crippen molar-refractivity contribution in [1.29, 1.82) is 0 Å². The Balaban J connectivity index is 1.58. The molecular weight excluding hydrogens is 385 g/mol. The minimum Gasteiger partial charge on any atom is -0.508 e. The van der Waals surface area contributed by atoms with Crippen molar-refractivity contribution in [3.8, 4) is 5.75 Å². The number of fused-ring (bicyclic) bond motifs is 1. The highest BCUT2D eigenvalue weighted by atomic mass is 35.5. The van der Waals surface area contributed by atoms with Gasteiger partial charge < -0.3 is 14.2 Å². The summed E-state index contributed by atoms with van der Waals surface area (Å²) in [6.45, 7) is 2.85. The van der Waals surface area contributed by atoms with Gasteiger partial charge in [0.2, 0.25) is 0 Å². The van der Waals surface area contributed by atoms with Crippen molar-refractivity contribution in [2.45, 2.75) is 32.0 Å². The number of benzene rings is 1. The first-order valence-corrected chi connectivity index (χ1v) is 9.77. The summed E-state index contributed by atoms with van der Waals surface area (Å²) in [5.41, 5.74) is 2.48. The van der Waals surface area contributed by atoms with Crippen molar-refractivity contribution in [3.63, 3.8) is 0 Å². The number of phenols is 1. The molecule has 0 saturated carbocycles. The van der Waals surface area contributed by atoms with E-state index in [4.69, 9.17) is 27.9 Å². The molecule has 1 saturated heterocycles. The summed E-state index contributed by atoms with van der Waals surface area (Å²) in [5, 5.41) is 11.3. The summed E-state index contributed by atoms with van der Waals surface area (Å²) in [5.74, 6) is 0.305. The van der Waals surface area contributed by atoms with Crippen LogP contribution in [0.15, 0.2) is 42.7 Å². The van der Waals surface area contributed by atoms with Crippen LogP contribution in [0.3, 0.4) is 0 Å². The van der Waals surface area contributed by atoms with Gasteiger partial charge in [-0.3, -0.25) is 4.90 Å². The number of nitrogens with zero attached hydrogens (tertiary/aromatic N) is 3. The smallest absolute Gasteiger partial charge is 0.156 e. The van der Waals surface area contributed by atoms with Crippen LogP contribution in [-0.2, 0) is 17.8 Å². The summed E-state index contributed by atoms with van der Waals surface area (Å²) in [4.78, 5) is 6.91. The summed E-state index contributed by atoms with van der Waals surface area (Å²) in [6.07, 6.45) is 6.11. The van der Waals surface area contributed by atoms with Crippen LogP contribution in [0, 0.1) is 0 Å². The fourth-order valence-electron chi connectivity index (χ4n) is 3.53. The lowest BCUT2D eigenvalue weighted by atomic mass is 10.1. The molecule has 0 bridgehead atoms. The Hall–Kier alpha value is -1.79. The third kappa shape index (κ3) is 4.38. The topological polar surface area (TPSA) is 50.0 Å². The monoisotopic (exact) mass is 405 g/mol. The molecule has 0 radical (unpaired) electrons. The van der Waals surface area contributed by atoms with Crippen LogP contribution >= 0.6 is 23.2 Å². The summed E-state index contributed by atoms with van der Waals surface area (Å²) < 4.78 is 7.67. The van der Waals surface area contributed by atoms with E-state index in [9.17, 15) is 5.11 Å². The molecule has 1 aliphatic heterocycles. The lowest BCUT2D eigenvalue weighted by molar-refractivity contribution is 0.0672. The van der Waals surface area contributed by atoms with Gasteiger partial charge in [0.15, 0.2) is 5.65 Å². The number of aromatic nitrogens is 2. The second-order valence-corrected chi connectivity index (χ2v) is 7.75. The van der Waals surface area contributed by atoms with Gasteiger partial charge in [0.25, 0.3) is 0 Å². The van der Waals surface area contributed by atoms with Crippen LogP contribution in [0.25, 0.3) is 5.65 Å². The molecule has 27 heavy (non-hydrogen) atoms. The zero-order valence-corrected chi connectivity index (χ0v) is 16.3. The van der Waals surface area contributed by atoms with E-state index in [0.717, 1.165) is 37.3 Å². The van der Waals surface area contributed by atoms with Gasteiger partial charge in [0, 0.05) is 44.2 Å². The highest BCUT2D eigenvalue weighted by molar-refractivity contribution is 6.36. The summed E-state index contributed by atoms with van der Waals surface area (Å²) >= 11 is 12.4. The number of aromatic hydroxyl groups is 1. The quantitative estimate of drug-likeness (QED) is 0.654. The lowest BCUT2D eigenvalue weighted by Gasteiger charge is -2.24. The van der Waals surface area contributed by atoms with E-state index in [1.807, 2.05) is 28.8 Å². The fraction of sp³-hybridized carbons (Fsp3) is 0.350. The maximum atomic E-state index is 10.2. The maximum absolute atomic E-state index is 10.2. The molecule has 0 amide bonds. The minimum atomic E-state index is 0.214. The molecule has 142 valence electrons. The van der Waals surface area contributed by atoms with Crippen LogP contribution in [-0.4, -0.2) is 38.6 Å². The Morgan fingerprint density at radius 2 is 2.07 bits per heavy atom. The van der Waals surface area contributed by atoms with Gasteiger partial charge in [-0.2, -0.15) is 0 Å². The number of para-hydroxylation sites is 1. The molecule has 7 heteroatoms. The Labute approximate surface area is 168 Å². The lowest BCUT2D eigenvalue weighted by Crippen LogP contribution is -2.31. The van der Waals surface area contributed by atoms with E-state index in [1.165, 1.54) is 0 Å². The Kier molecular flexibility index (Phi) is 5.55. The zero-order valence-electron chi connectivity index (χ0n) is 14.8. The second-order valence-electron chi connectivity index (χ2n) is 6.90. The summed E-state index contributed by atoms with van der Waals surface area (Å²) in [6, 6.07) is 9.12. The highest BCUT2D eigenvalue weighted by Crippen LogP contribution is 2.24. The molecule has 1 fully saturated rings. The van der Waals surface area contributed by atoms with E-state index < -0.39 is 0 Å². The number of ether oxygens (including phenoxy) is 1. The average molecular weight is 406 g/mol. The van der Waals surface area contributed by atoms with Crippen LogP contribution in [0.2, 0.25) is 10.0 Å². The van der Waals surface area contributed by atoms with Gasteiger partial charge in [-0.25, -0.2) is 4.98 Å². The highest BCUT2D eigenvalue weighted by Gasteiger charge is 2.21. The third-order valence-electron chi connectivity index (χ3n) is 4.78. The van der Waals surface area contributed by atoms with Crippen LogP contribution in [0.5, 0.6) is 5.75 Å². The van der Waals surface area contributed by atoms with Gasteiger partial charge in [0.05, 0.1) is 21.8 Å². The van der Waals surface area contributed by atoms with Gasteiger partial charge in [-0.05, 0) is 25.0 Å². The number of rotatable bonds is 6. The minimum absolute atomic E-state index is 0.214. The fourth-order valence-corrected chi connectivity index (χ4v) is 4.05. The van der Waals surface area contributed by atoms with Crippen molar-refractivity contribution in [2.75, 3.05) is 13.2 Å². The van der Waals surface area contributed by atoms with Gasteiger partial charge in [-0.15, -0.1) is 0 Å². The predicted molar refractivity (Wildman–Crippen MR) is 106 cm³/mol. The number of imidazole rings is 1. The van der Waals surface area contributed by atoms with E-state index in [0.29, 0.717) is 34.5 Å². The summed E-state index contributed by atoms with van der Waals surface area (Å²) in [7, 11) is 0. The van der Waals surface area contributed by atoms with Crippen LogP contribution in [0.1, 0.15) is 24.1 Å². The molecule has 1 aromatic carbocycles. The predicted octanol–water partition coefficient (Wildman–Crippen LogP) is 4.53. The molecule has 5 nitrogen and oxygen atoms in total. The van der Waals surface area contributed by atoms with Crippen molar-refractivity contribution in [1.82, 2.24) is 14.3 Å². The van der Waals surface area contributed by atoms with Gasteiger partial charge >= 0.3 is 0 Å². The van der Waals surface area contributed by atoms with Crippen molar-refractivity contribution in [3.05, 3.63) is 64.0 Å². The van der Waals surface area contributed by atoms with E-state index in [2.05, 4.69) is 9.88 Å². The van der Waals surface area contributed by atoms with E-state index in [1.54, 1.807) is 18.3 Å². The molecule has 1 aliphatic rings. The first kappa shape index (κ1) is 18.6. The van der Waals surface area contributed by atoms with Gasteiger partial charge in [-0.1, -0.05) is 41.4 Å². The molecule has 3 aromatic rings. The molecule has 3 heterocycles. The largest absolute Gasteiger partial charge is 0.508 e. The van der Waals surface area contributed by atoms with Crippen LogP contribution in [0.4, 0.5) is 0 Å². The number of halogens is 2. The molecule has 1 N–H and O–H groups in total. The zero-order chi connectivity index (χ0) is 18.8. The molecule has 0 spiro atoms. The normalized spacial score (nSPS) is 17.2. The Morgan fingerprint density at radius 3 is 2.85 bits per heavy atom. The first-order valence-electron chi connectivity index (χ1n) is 9.02. The Morgan fingerprint density at radius 1 is 1.22 bits per heavy atom. The molecule has 1 atom stereocenters. The van der Waals surface area contributed by atoms with E-state index in [-0.39, 0.29) is 6.10 Å². The number of phenolic OH excluding ortho intramolecular Hbond substituents is 1. The van der Waals surface area contributed by atoms with Crippen molar-refractivity contribution < 1.29 is 9.84 Å². The van der Waals surface area contributed by atoms with Crippen LogP contribution < -0.4 is 0 Å². The first-order chi connectivity index (χ1) is 13.1. The number of hydrogen-bond donors (Lipinski definition) is 1. The average Bonchev–Trinajstić information content (AvgIpc) is 3.26. The molecule has 1 unspecified atom stereocenters. The van der Waals surface area contributed by atoms with Crippen molar-refractivity contribution >= 4 is 28.8 Å². The second kappa shape index (κ2) is 8.07. The Bertz CT molecular complexity index is 938.